The Morgan fingerprint density at radius 3 is 2.48 bits per heavy atom. The summed E-state index contributed by atoms with van der Waals surface area (Å²) in [4.78, 5) is 14.9. The Labute approximate surface area is 160 Å². The second-order valence-corrected chi connectivity index (χ2v) is 6.75. The van der Waals surface area contributed by atoms with Crippen LogP contribution in [0.25, 0.3) is 0 Å². The van der Waals surface area contributed by atoms with Gasteiger partial charge in [-0.15, -0.1) is 0 Å². The maximum atomic E-state index is 12.9. The van der Waals surface area contributed by atoms with Gasteiger partial charge in [0.2, 0.25) is 11.7 Å². The highest BCUT2D eigenvalue weighted by Gasteiger charge is 2.36. The highest BCUT2D eigenvalue weighted by atomic mass is 16.7. The van der Waals surface area contributed by atoms with Crippen LogP contribution in [0.5, 0.6) is 17.2 Å². The molecule has 0 aromatic heterocycles. The minimum absolute atomic E-state index is 0.0149. The number of carbonyl (C=O) groups is 1. The molecule has 1 unspecified atom stereocenters. The number of nitrogens with zero attached hydrogens (tertiary/aromatic N) is 1. The smallest absolute Gasteiger partial charge is 0.223 e. The van der Waals surface area contributed by atoms with Crippen LogP contribution in [-0.4, -0.2) is 64.2 Å². The summed E-state index contributed by atoms with van der Waals surface area (Å²) in [7, 11) is 4.76. The quantitative estimate of drug-likeness (QED) is 0.725. The standard InChI is InChI=1S/C20H29NO6/c1-23-16-9-7-14(18(24-2)19(16)25-3)8-10-17(22)21-11-5-4-6-15(21)20-26-12-13-27-20/h7,9,15,20H,4-6,8,10-13H2,1-3H3. The zero-order chi connectivity index (χ0) is 19.2. The molecule has 0 spiro atoms. The SMILES string of the molecule is COc1ccc(CCC(=O)N2CCCCC2C2OCCO2)c(OC)c1OC. The molecule has 0 saturated carbocycles. The van der Waals surface area contributed by atoms with E-state index in [2.05, 4.69) is 0 Å². The molecule has 27 heavy (non-hydrogen) atoms. The molecule has 0 radical (unpaired) electrons. The summed E-state index contributed by atoms with van der Waals surface area (Å²) in [5.74, 6) is 1.89. The van der Waals surface area contributed by atoms with Gasteiger partial charge in [-0.05, 0) is 37.3 Å². The fourth-order valence-corrected chi connectivity index (χ4v) is 3.89. The first-order valence-corrected chi connectivity index (χ1v) is 9.50. The molecule has 2 heterocycles. The Morgan fingerprint density at radius 1 is 1.07 bits per heavy atom. The molecule has 150 valence electrons. The molecule has 1 amide bonds. The maximum absolute atomic E-state index is 12.9. The van der Waals surface area contributed by atoms with E-state index in [9.17, 15) is 4.79 Å². The number of benzene rings is 1. The molecule has 7 heteroatoms. The average Bonchev–Trinajstić information content (AvgIpc) is 3.25. The van der Waals surface area contributed by atoms with E-state index in [1.165, 1.54) is 0 Å². The zero-order valence-corrected chi connectivity index (χ0v) is 16.4. The Bertz CT molecular complexity index is 644. The monoisotopic (exact) mass is 379 g/mol. The molecule has 1 atom stereocenters. The van der Waals surface area contributed by atoms with Crippen molar-refractivity contribution in [1.29, 1.82) is 0 Å². The van der Waals surface area contributed by atoms with Gasteiger partial charge in [-0.1, -0.05) is 6.07 Å². The summed E-state index contributed by atoms with van der Waals surface area (Å²) >= 11 is 0. The summed E-state index contributed by atoms with van der Waals surface area (Å²) in [5, 5.41) is 0. The predicted molar refractivity (Wildman–Crippen MR) is 99.5 cm³/mol. The van der Waals surface area contributed by atoms with Crippen LogP contribution in [0.2, 0.25) is 0 Å². The first-order chi connectivity index (χ1) is 13.2. The number of hydrogen-bond acceptors (Lipinski definition) is 6. The van der Waals surface area contributed by atoms with E-state index < -0.39 is 0 Å². The molecule has 0 N–H and O–H groups in total. The van der Waals surface area contributed by atoms with E-state index in [-0.39, 0.29) is 18.2 Å². The van der Waals surface area contributed by atoms with E-state index in [0.29, 0.717) is 43.3 Å². The summed E-state index contributed by atoms with van der Waals surface area (Å²) in [6.07, 6.45) is 3.73. The summed E-state index contributed by atoms with van der Waals surface area (Å²) in [5.41, 5.74) is 0.922. The number of rotatable bonds is 7. The van der Waals surface area contributed by atoms with Gasteiger partial charge < -0.3 is 28.6 Å². The Morgan fingerprint density at radius 2 is 1.81 bits per heavy atom. The Balaban J connectivity index is 1.69. The van der Waals surface area contributed by atoms with E-state index in [1.807, 2.05) is 17.0 Å². The first-order valence-electron chi connectivity index (χ1n) is 9.50. The third kappa shape index (κ3) is 4.30. The van der Waals surface area contributed by atoms with E-state index in [4.69, 9.17) is 23.7 Å². The van der Waals surface area contributed by atoms with Crippen LogP contribution in [0.15, 0.2) is 12.1 Å². The van der Waals surface area contributed by atoms with Gasteiger partial charge in [0, 0.05) is 13.0 Å². The van der Waals surface area contributed by atoms with Crippen LogP contribution in [0, 0.1) is 0 Å². The molecular formula is C20H29NO6. The lowest BCUT2D eigenvalue weighted by molar-refractivity contribution is -0.150. The van der Waals surface area contributed by atoms with Crippen LogP contribution >= 0.6 is 0 Å². The summed E-state index contributed by atoms with van der Waals surface area (Å²) in [6, 6.07) is 3.77. The third-order valence-electron chi connectivity index (χ3n) is 5.23. The number of aryl methyl sites for hydroxylation is 1. The van der Waals surface area contributed by atoms with Gasteiger partial charge in [-0.3, -0.25) is 4.79 Å². The van der Waals surface area contributed by atoms with Gasteiger partial charge in [0.25, 0.3) is 0 Å². The van der Waals surface area contributed by atoms with Crippen molar-refractivity contribution in [2.45, 2.75) is 44.4 Å². The minimum atomic E-state index is -0.287. The van der Waals surface area contributed by atoms with Gasteiger partial charge >= 0.3 is 0 Å². The lowest BCUT2D eigenvalue weighted by Gasteiger charge is -2.38. The van der Waals surface area contributed by atoms with Crippen LogP contribution < -0.4 is 14.2 Å². The number of methoxy groups -OCH3 is 3. The predicted octanol–water partition coefficient (Wildman–Crippen LogP) is 2.40. The molecule has 0 bridgehead atoms. The summed E-state index contributed by atoms with van der Waals surface area (Å²) < 4.78 is 27.6. The van der Waals surface area contributed by atoms with Gasteiger partial charge in [0.15, 0.2) is 17.8 Å². The number of piperidine rings is 1. The largest absolute Gasteiger partial charge is 0.493 e. The van der Waals surface area contributed by atoms with Crippen molar-refractivity contribution in [3.63, 3.8) is 0 Å². The van der Waals surface area contributed by atoms with Crippen LogP contribution in [0.4, 0.5) is 0 Å². The molecule has 2 saturated heterocycles. The Hall–Kier alpha value is -1.99. The molecule has 7 nitrogen and oxygen atoms in total. The maximum Gasteiger partial charge on any atom is 0.223 e. The normalized spacial score (nSPS) is 20.6. The van der Waals surface area contributed by atoms with Crippen molar-refractivity contribution >= 4 is 5.91 Å². The van der Waals surface area contributed by atoms with Crippen LogP contribution in [0.1, 0.15) is 31.2 Å². The topological polar surface area (TPSA) is 66.5 Å². The fourth-order valence-electron chi connectivity index (χ4n) is 3.89. The van der Waals surface area contributed by atoms with Crippen molar-refractivity contribution in [1.82, 2.24) is 4.90 Å². The molecule has 2 aliphatic heterocycles. The van der Waals surface area contributed by atoms with Crippen molar-refractivity contribution in [2.24, 2.45) is 0 Å². The van der Waals surface area contributed by atoms with Gasteiger partial charge in [0.1, 0.15) is 0 Å². The van der Waals surface area contributed by atoms with Gasteiger partial charge in [0.05, 0.1) is 40.6 Å². The second kappa shape index (κ2) is 9.28. The number of carbonyl (C=O) groups excluding carboxylic acids is 1. The molecule has 3 rings (SSSR count). The summed E-state index contributed by atoms with van der Waals surface area (Å²) in [6.45, 7) is 1.97. The fraction of sp³-hybridized carbons (Fsp3) is 0.650. The molecule has 2 fully saturated rings. The van der Waals surface area contributed by atoms with Gasteiger partial charge in [-0.25, -0.2) is 0 Å². The van der Waals surface area contributed by atoms with Crippen molar-refractivity contribution in [3.8, 4) is 17.2 Å². The van der Waals surface area contributed by atoms with E-state index in [0.717, 1.165) is 31.4 Å². The highest BCUT2D eigenvalue weighted by molar-refractivity contribution is 5.77. The van der Waals surface area contributed by atoms with Gasteiger partial charge in [-0.2, -0.15) is 0 Å². The minimum Gasteiger partial charge on any atom is -0.493 e. The number of likely N-dealkylation sites (tertiary alicyclic amines) is 1. The van der Waals surface area contributed by atoms with Crippen LogP contribution in [0.3, 0.4) is 0 Å². The lowest BCUT2D eigenvalue weighted by Crippen LogP contribution is -2.50. The second-order valence-electron chi connectivity index (χ2n) is 6.75. The van der Waals surface area contributed by atoms with Crippen LogP contribution in [-0.2, 0) is 20.7 Å². The van der Waals surface area contributed by atoms with Crippen molar-refractivity contribution < 1.29 is 28.5 Å². The average molecular weight is 379 g/mol. The highest BCUT2D eigenvalue weighted by Crippen LogP contribution is 2.40. The molecule has 2 aliphatic rings. The van der Waals surface area contributed by atoms with Crippen molar-refractivity contribution in [2.75, 3.05) is 41.1 Å². The molecular weight excluding hydrogens is 350 g/mol. The Kier molecular flexibility index (Phi) is 6.79. The third-order valence-corrected chi connectivity index (χ3v) is 5.23. The zero-order valence-electron chi connectivity index (χ0n) is 16.4. The first kappa shape index (κ1) is 19.8. The van der Waals surface area contributed by atoms with Crippen molar-refractivity contribution in [3.05, 3.63) is 17.7 Å². The number of ether oxygens (including phenoxy) is 5. The van der Waals surface area contributed by atoms with E-state index in [1.54, 1.807) is 21.3 Å². The van der Waals surface area contributed by atoms with E-state index >= 15 is 0 Å². The molecule has 1 aromatic rings. The molecule has 1 aromatic carbocycles. The lowest BCUT2D eigenvalue weighted by atomic mass is 10.00. The molecule has 0 aliphatic carbocycles. The number of hydrogen-bond donors (Lipinski definition) is 0. The number of amides is 1.